The van der Waals surface area contributed by atoms with Gasteiger partial charge in [-0.1, -0.05) is 31.9 Å². The highest BCUT2D eigenvalue weighted by atomic mass is 16.5. The van der Waals surface area contributed by atoms with E-state index >= 15 is 0 Å². The zero-order chi connectivity index (χ0) is 14.3. The number of hydrogen-bond acceptors (Lipinski definition) is 3. The van der Waals surface area contributed by atoms with E-state index < -0.39 is 11.9 Å². The third kappa shape index (κ3) is 4.73. The molecule has 104 valence electrons. The summed E-state index contributed by atoms with van der Waals surface area (Å²) in [5, 5.41) is 9.01. The molecule has 1 aromatic rings. The summed E-state index contributed by atoms with van der Waals surface area (Å²) in [6.07, 6.45) is 3.83. The molecule has 0 saturated carbocycles. The number of benzene rings is 1. The van der Waals surface area contributed by atoms with Gasteiger partial charge in [-0.2, -0.15) is 0 Å². The van der Waals surface area contributed by atoms with Crippen molar-refractivity contribution in [1.29, 1.82) is 0 Å². The summed E-state index contributed by atoms with van der Waals surface area (Å²) in [4.78, 5) is 22.9. The smallest absolute Gasteiger partial charge is 0.339 e. The van der Waals surface area contributed by atoms with Crippen molar-refractivity contribution < 1.29 is 19.4 Å². The summed E-state index contributed by atoms with van der Waals surface area (Å²) >= 11 is 0. The lowest BCUT2D eigenvalue weighted by Crippen LogP contribution is -2.17. The van der Waals surface area contributed by atoms with E-state index in [4.69, 9.17) is 9.84 Å². The van der Waals surface area contributed by atoms with Crippen molar-refractivity contribution in [2.75, 3.05) is 0 Å². The van der Waals surface area contributed by atoms with E-state index in [9.17, 15) is 9.59 Å². The van der Waals surface area contributed by atoms with Gasteiger partial charge in [0, 0.05) is 0 Å². The van der Waals surface area contributed by atoms with Gasteiger partial charge in [0.2, 0.25) is 0 Å². The normalized spacial score (nSPS) is 11.9. The van der Waals surface area contributed by atoms with Crippen molar-refractivity contribution in [3.63, 3.8) is 0 Å². The number of carbonyl (C=O) groups excluding carboxylic acids is 1. The van der Waals surface area contributed by atoms with E-state index in [-0.39, 0.29) is 17.2 Å². The van der Waals surface area contributed by atoms with Crippen molar-refractivity contribution in [3.8, 4) is 0 Å². The van der Waals surface area contributed by atoms with E-state index in [0.717, 1.165) is 25.7 Å². The Labute approximate surface area is 113 Å². The minimum absolute atomic E-state index is 0.0201. The minimum atomic E-state index is -1.12. The fraction of sp³-hybridized carbons (Fsp3) is 0.467. The van der Waals surface area contributed by atoms with Gasteiger partial charge in [0.05, 0.1) is 17.2 Å². The molecule has 0 spiro atoms. The maximum absolute atomic E-state index is 11.9. The number of esters is 1. The second kappa shape index (κ2) is 7.56. The average Bonchev–Trinajstić information content (AvgIpc) is 2.39. The first-order valence-electron chi connectivity index (χ1n) is 6.59. The number of carboxylic acid groups (broad SMARTS) is 1. The number of carboxylic acids is 1. The summed E-state index contributed by atoms with van der Waals surface area (Å²) in [5.41, 5.74) is 0.0885. The highest BCUT2D eigenvalue weighted by Gasteiger charge is 2.18. The molecule has 0 saturated heterocycles. The molecule has 0 aliphatic rings. The first kappa shape index (κ1) is 15.2. The Morgan fingerprint density at radius 2 is 1.84 bits per heavy atom. The molecule has 0 heterocycles. The lowest BCUT2D eigenvalue weighted by molar-refractivity contribution is 0.0314. The molecule has 0 aliphatic heterocycles. The molecule has 4 heteroatoms. The van der Waals surface area contributed by atoms with Crippen molar-refractivity contribution in [3.05, 3.63) is 35.4 Å². The van der Waals surface area contributed by atoms with Gasteiger partial charge in [-0.05, 0) is 31.9 Å². The maximum Gasteiger partial charge on any atom is 0.339 e. The van der Waals surface area contributed by atoms with Gasteiger partial charge in [0.1, 0.15) is 0 Å². The predicted molar refractivity (Wildman–Crippen MR) is 72.4 cm³/mol. The third-order valence-electron chi connectivity index (χ3n) is 2.90. The molecule has 0 unspecified atom stereocenters. The average molecular weight is 264 g/mol. The molecule has 0 bridgehead atoms. The van der Waals surface area contributed by atoms with Gasteiger partial charge in [-0.3, -0.25) is 0 Å². The quantitative estimate of drug-likeness (QED) is 0.604. The zero-order valence-electron chi connectivity index (χ0n) is 11.4. The van der Waals surface area contributed by atoms with Crippen LogP contribution in [0.25, 0.3) is 0 Å². The molecule has 0 amide bonds. The van der Waals surface area contributed by atoms with Crippen LogP contribution in [0.5, 0.6) is 0 Å². The molecule has 0 radical (unpaired) electrons. The summed E-state index contributed by atoms with van der Waals surface area (Å²) < 4.78 is 5.27. The van der Waals surface area contributed by atoms with E-state index in [2.05, 4.69) is 6.92 Å². The molecule has 4 nitrogen and oxygen atoms in total. The van der Waals surface area contributed by atoms with Crippen LogP contribution in [0.4, 0.5) is 0 Å². The highest BCUT2D eigenvalue weighted by molar-refractivity contribution is 6.02. The molecule has 1 rings (SSSR count). The molecule has 0 aliphatic carbocycles. The third-order valence-corrected chi connectivity index (χ3v) is 2.90. The second-order valence-corrected chi connectivity index (χ2v) is 4.56. The van der Waals surface area contributed by atoms with Gasteiger partial charge in [-0.25, -0.2) is 9.59 Å². The Morgan fingerprint density at radius 3 is 2.42 bits per heavy atom. The number of hydrogen-bond donors (Lipinski definition) is 1. The summed E-state index contributed by atoms with van der Waals surface area (Å²) in [7, 11) is 0. The van der Waals surface area contributed by atoms with Crippen LogP contribution in [0.3, 0.4) is 0 Å². The van der Waals surface area contributed by atoms with Gasteiger partial charge < -0.3 is 9.84 Å². The summed E-state index contributed by atoms with van der Waals surface area (Å²) in [6.45, 7) is 3.94. The van der Waals surface area contributed by atoms with Crippen LogP contribution in [-0.4, -0.2) is 23.1 Å². The zero-order valence-corrected chi connectivity index (χ0v) is 11.4. The van der Waals surface area contributed by atoms with Crippen molar-refractivity contribution in [2.45, 2.75) is 45.6 Å². The van der Waals surface area contributed by atoms with Crippen molar-refractivity contribution in [1.82, 2.24) is 0 Å². The number of ether oxygens (including phenoxy) is 1. The largest absolute Gasteiger partial charge is 0.478 e. The second-order valence-electron chi connectivity index (χ2n) is 4.56. The molecular weight excluding hydrogens is 244 g/mol. The number of unbranched alkanes of at least 4 members (excludes halogenated alkanes) is 2. The van der Waals surface area contributed by atoms with Crippen LogP contribution in [0.2, 0.25) is 0 Å². The lowest BCUT2D eigenvalue weighted by Gasteiger charge is -2.13. The van der Waals surface area contributed by atoms with Crippen LogP contribution in [0.1, 0.15) is 60.2 Å². The van der Waals surface area contributed by atoms with E-state index in [1.54, 1.807) is 12.1 Å². The van der Waals surface area contributed by atoms with Crippen LogP contribution in [-0.2, 0) is 4.74 Å². The van der Waals surface area contributed by atoms with E-state index in [0.29, 0.717) is 0 Å². The summed E-state index contributed by atoms with van der Waals surface area (Å²) in [6, 6.07) is 6.10. The van der Waals surface area contributed by atoms with E-state index in [1.165, 1.54) is 12.1 Å². The highest BCUT2D eigenvalue weighted by Crippen LogP contribution is 2.13. The van der Waals surface area contributed by atoms with Crippen LogP contribution >= 0.6 is 0 Å². The van der Waals surface area contributed by atoms with Crippen LogP contribution in [0, 0.1) is 0 Å². The van der Waals surface area contributed by atoms with Crippen molar-refractivity contribution >= 4 is 11.9 Å². The van der Waals surface area contributed by atoms with Gasteiger partial charge in [0.15, 0.2) is 0 Å². The topological polar surface area (TPSA) is 63.6 Å². The monoisotopic (exact) mass is 264 g/mol. The van der Waals surface area contributed by atoms with Gasteiger partial charge >= 0.3 is 11.9 Å². The Morgan fingerprint density at radius 1 is 1.21 bits per heavy atom. The van der Waals surface area contributed by atoms with Gasteiger partial charge in [0.25, 0.3) is 0 Å². The number of aromatic carboxylic acids is 1. The first-order chi connectivity index (χ1) is 9.06. The molecule has 19 heavy (non-hydrogen) atoms. The van der Waals surface area contributed by atoms with E-state index in [1.807, 2.05) is 6.92 Å². The Bertz CT molecular complexity index is 440. The number of carbonyl (C=O) groups is 2. The Kier molecular flexibility index (Phi) is 6.06. The minimum Gasteiger partial charge on any atom is -0.478 e. The number of rotatable bonds is 7. The fourth-order valence-corrected chi connectivity index (χ4v) is 1.83. The molecule has 1 atom stereocenters. The fourth-order valence-electron chi connectivity index (χ4n) is 1.83. The molecule has 0 fully saturated rings. The maximum atomic E-state index is 11.9. The Balaban J connectivity index is 2.65. The predicted octanol–water partition coefficient (Wildman–Crippen LogP) is 3.51. The molecule has 1 aromatic carbocycles. The van der Waals surface area contributed by atoms with Crippen LogP contribution < -0.4 is 0 Å². The molecular formula is C15H20O4. The Hall–Kier alpha value is -1.84. The SMILES string of the molecule is CCCCC[C@@H](C)OC(=O)c1ccccc1C(=O)O. The first-order valence-corrected chi connectivity index (χ1v) is 6.59. The van der Waals surface area contributed by atoms with Gasteiger partial charge in [-0.15, -0.1) is 0 Å². The standard InChI is InChI=1S/C15H20O4/c1-3-4-5-8-11(2)19-15(18)13-10-7-6-9-12(13)14(16)17/h6-7,9-11H,3-5,8H2,1-2H3,(H,16,17)/t11-/m1/s1. The van der Waals surface area contributed by atoms with Crippen molar-refractivity contribution in [2.24, 2.45) is 0 Å². The molecule has 0 aromatic heterocycles. The summed E-state index contributed by atoms with van der Waals surface area (Å²) in [5.74, 6) is -1.69. The van der Waals surface area contributed by atoms with Crippen LogP contribution in [0.15, 0.2) is 24.3 Å². The molecule has 1 N–H and O–H groups in total. The lowest BCUT2D eigenvalue weighted by atomic mass is 10.1.